The lowest BCUT2D eigenvalue weighted by Gasteiger charge is -2.48. The lowest BCUT2D eigenvalue weighted by Crippen LogP contribution is -2.55. The largest absolute Gasteiger partial charge is 0.508 e. The SMILES string of the molecule is CC(C)[C@@H]1C[C@@]2(CCCN2C(=O)c2ccc(O)cc2)CO[C@H]1c1ccc(F)cc1. The zero-order valence-electron chi connectivity index (χ0n) is 17.0. The maximum absolute atomic E-state index is 13.4. The summed E-state index contributed by atoms with van der Waals surface area (Å²) in [6.45, 7) is 5.58. The molecular formula is C24H28FNO3. The molecule has 2 fully saturated rings. The first-order valence-electron chi connectivity index (χ1n) is 10.4. The van der Waals surface area contributed by atoms with E-state index in [2.05, 4.69) is 13.8 Å². The van der Waals surface area contributed by atoms with Gasteiger partial charge in [0.05, 0.1) is 18.2 Å². The quantitative estimate of drug-likeness (QED) is 0.798. The van der Waals surface area contributed by atoms with Crippen molar-refractivity contribution in [3.05, 3.63) is 65.5 Å². The number of hydrogen-bond acceptors (Lipinski definition) is 3. The minimum atomic E-state index is -0.305. The van der Waals surface area contributed by atoms with Crippen LogP contribution in [0.3, 0.4) is 0 Å². The third-order valence-electron chi connectivity index (χ3n) is 6.55. The van der Waals surface area contributed by atoms with Crippen molar-refractivity contribution in [3.8, 4) is 5.75 Å². The van der Waals surface area contributed by atoms with E-state index in [1.165, 1.54) is 12.1 Å². The van der Waals surface area contributed by atoms with Crippen molar-refractivity contribution in [2.45, 2.75) is 44.8 Å². The van der Waals surface area contributed by atoms with E-state index in [-0.39, 0.29) is 35.0 Å². The van der Waals surface area contributed by atoms with Gasteiger partial charge in [-0.1, -0.05) is 26.0 Å². The van der Waals surface area contributed by atoms with Gasteiger partial charge >= 0.3 is 0 Å². The summed E-state index contributed by atoms with van der Waals surface area (Å²) >= 11 is 0. The Hall–Kier alpha value is -2.40. The predicted molar refractivity (Wildman–Crippen MR) is 109 cm³/mol. The number of carbonyl (C=O) groups is 1. The number of likely N-dealkylation sites (tertiary alicyclic amines) is 1. The van der Waals surface area contributed by atoms with Crippen LogP contribution in [0.15, 0.2) is 48.5 Å². The number of rotatable bonds is 3. The highest BCUT2D eigenvalue weighted by molar-refractivity contribution is 5.95. The second-order valence-corrected chi connectivity index (χ2v) is 8.73. The Morgan fingerprint density at radius 1 is 1.17 bits per heavy atom. The van der Waals surface area contributed by atoms with Crippen molar-refractivity contribution in [2.75, 3.05) is 13.2 Å². The molecule has 0 radical (unpaired) electrons. The van der Waals surface area contributed by atoms with E-state index in [1.807, 2.05) is 4.90 Å². The molecule has 1 N–H and O–H groups in total. The molecule has 29 heavy (non-hydrogen) atoms. The van der Waals surface area contributed by atoms with E-state index in [4.69, 9.17) is 4.74 Å². The molecule has 2 saturated heterocycles. The van der Waals surface area contributed by atoms with Gasteiger partial charge in [-0.05, 0) is 73.1 Å². The Morgan fingerprint density at radius 3 is 2.52 bits per heavy atom. The molecule has 4 nitrogen and oxygen atoms in total. The minimum Gasteiger partial charge on any atom is -0.508 e. The molecule has 1 amide bonds. The normalized spacial score (nSPS) is 27.0. The van der Waals surface area contributed by atoms with Gasteiger partial charge in [0.15, 0.2) is 0 Å². The van der Waals surface area contributed by atoms with Gasteiger partial charge in [0.1, 0.15) is 11.6 Å². The van der Waals surface area contributed by atoms with Crippen LogP contribution in [0.2, 0.25) is 0 Å². The second-order valence-electron chi connectivity index (χ2n) is 8.73. The number of amides is 1. The highest BCUT2D eigenvalue weighted by atomic mass is 19.1. The minimum absolute atomic E-state index is 0.00571. The van der Waals surface area contributed by atoms with Crippen LogP contribution in [0.4, 0.5) is 4.39 Å². The molecule has 2 aliphatic heterocycles. The summed E-state index contributed by atoms with van der Waals surface area (Å²) in [5.74, 6) is 0.508. The van der Waals surface area contributed by atoms with Gasteiger partial charge in [0.2, 0.25) is 0 Å². The van der Waals surface area contributed by atoms with Crippen LogP contribution in [0, 0.1) is 17.7 Å². The maximum Gasteiger partial charge on any atom is 0.254 e. The topological polar surface area (TPSA) is 49.8 Å². The molecule has 1 spiro atoms. The summed E-state index contributed by atoms with van der Waals surface area (Å²) in [5.41, 5.74) is 1.28. The summed E-state index contributed by atoms with van der Waals surface area (Å²) in [6, 6.07) is 13.0. The second kappa shape index (κ2) is 7.79. The first-order chi connectivity index (χ1) is 13.9. The van der Waals surface area contributed by atoms with E-state index in [0.29, 0.717) is 18.1 Å². The highest BCUT2D eigenvalue weighted by Crippen LogP contribution is 2.48. The fraction of sp³-hybridized carbons (Fsp3) is 0.458. The number of aromatic hydroxyl groups is 1. The van der Waals surface area contributed by atoms with Crippen molar-refractivity contribution in [2.24, 2.45) is 11.8 Å². The fourth-order valence-electron chi connectivity index (χ4n) is 4.93. The highest BCUT2D eigenvalue weighted by Gasteiger charge is 2.50. The van der Waals surface area contributed by atoms with Crippen LogP contribution in [0.5, 0.6) is 5.75 Å². The first-order valence-corrected chi connectivity index (χ1v) is 10.4. The van der Waals surface area contributed by atoms with Crippen LogP contribution in [0.25, 0.3) is 0 Å². The van der Waals surface area contributed by atoms with Crippen LogP contribution < -0.4 is 0 Å². The first kappa shape index (κ1) is 19.9. The van der Waals surface area contributed by atoms with Gasteiger partial charge in [0, 0.05) is 12.1 Å². The predicted octanol–water partition coefficient (Wildman–Crippen LogP) is 4.94. The van der Waals surface area contributed by atoms with Crippen molar-refractivity contribution < 1.29 is 19.0 Å². The number of halogens is 1. The molecular weight excluding hydrogens is 369 g/mol. The average molecular weight is 397 g/mol. The molecule has 0 unspecified atom stereocenters. The van der Waals surface area contributed by atoms with Gasteiger partial charge in [-0.15, -0.1) is 0 Å². The van der Waals surface area contributed by atoms with E-state index in [1.54, 1.807) is 36.4 Å². The molecule has 154 valence electrons. The fourth-order valence-corrected chi connectivity index (χ4v) is 4.93. The summed E-state index contributed by atoms with van der Waals surface area (Å²) < 4.78 is 19.8. The maximum atomic E-state index is 13.4. The molecule has 2 heterocycles. The molecule has 4 rings (SSSR count). The number of ether oxygens (including phenoxy) is 1. The van der Waals surface area contributed by atoms with Crippen LogP contribution >= 0.6 is 0 Å². The molecule has 3 atom stereocenters. The van der Waals surface area contributed by atoms with Gasteiger partial charge in [-0.25, -0.2) is 4.39 Å². The van der Waals surface area contributed by atoms with Crippen molar-refractivity contribution in [1.29, 1.82) is 0 Å². The van der Waals surface area contributed by atoms with Crippen LogP contribution in [-0.2, 0) is 4.74 Å². The summed E-state index contributed by atoms with van der Waals surface area (Å²) in [5, 5.41) is 9.53. The Labute approximate surface area is 171 Å². The van der Waals surface area contributed by atoms with Crippen molar-refractivity contribution >= 4 is 5.91 Å². The van der Waals surface area contributed by atoms with Gasteiger partial charge in [-0.2, -0.15) is 0 Å². The van der Waals surface area contributed by atoms with Crippen molar-refractivity contribution in [3.63, 3.8) is 0 Å². The molecule has 2 aliphatic rings. The summed E-state index contributed by atoms with van der Waals surface area (Å²) in [4.78, 5) is 15.2. The van der Waals surface area contributed by atoms with Gasteiger partial charge in [-0.3, -0.25) is 4.79 Å². The molecule has 0 aliphatic carbocycles. The third-order valence-corrected chi connectivity index (χ3v) is 6.55. The number of nitrogens with zero attached hydrogens (tertiary/aromatic N) is 1. The van der Waals surface area contributed by atoms with Gasteiger partial charge < -0.3 is 14.7 Å². The van der Waals surface area contributed by atoms with Crippen molar-refractivity contribution in [1.82, 2.24) is 4.90 Å². The van der Waals surface area contributed by atoms with Crippen LogP contribution in [-0.4, -0.2) is 34.6 Å². The zero-order chi connectivity index (χ0) is 20.6. The number of phenolic OH excluding ortho intramolecular Hbond substituents is 1. The number of hydrogen-bond donors (Lipinski definition) is 1. The standard InChI is InChI=1S/C24H28FNO3/c1-16(2)21-14-24(15-29-22(21)17-4-8-19(25)9-5-17)12-3-13-26(24)23(28)18-6-10-20(27)11-7-18/h4-11,16,21-22,27H,3,12-15H2,1-2H3/t21-,22-,24-/m0/s1. The van der Waals surface area contributed by atoms with Crippen LogP contribution in [0.1, 0.15) is 55.1 Å². The Balaban J connectivity index is 1.60. The Bertz CT molecular complexity index is 865. The molecule has 2 aromatic carbocycles. The zero-order valence-corrected chi connectivity index (χ0v) is 17.0. The summed E-state index contributed by atoms with van der Waals surface area (Å²) in [7, 11) is 0. The van der Waals surface area contributed by atoms with E-state index in [0.717, 1.165) is 31.4 Å². The van der Waals surface area contributed by atoms with E-state index < -0.39 is 0 Å². The van der Waals surface area contributed by atoms with E-state index >= 15 is 0 Å². The lowest BCUT2D eigenvalue weighted by atomic mass is 9.73. The number of phenols is 1. The Morgan fingerprint density at radius 2 is 1.86 bits per heavy atom. The molecule has 0 aromatic heterocycles. The number of benzene rings is 2. The molecule has 2 aromatic rings. The monoisotopic (exact) mass is 397 g/mol. The van der Waals surface area contributed by atoms with E-state index in [9.17, 15) is 14.3 Å². The smallest absolute Gasteiger partial charge is 0.254 e. The summed E-state index contributed by atoms with van der Waals surface area (Å²) in [6.07, 6.45) is 2.67. The third kappa shape index (κ3) is 3.76. The van der Waals surface area contributed by atoms with Gasteiger partial charge in [0.25, 0.3) is 5.91 Å². The average Bonchev–Trinajstić information content (AvgIpc) is 3.11. The lowest BCUT2D eigenvalue weighted by molar-refractivity contribution is -0.112. The molecule has 0 saturated carbocycles. The molecule has 0 bridgehead atoms. The number of carbonyl (C=O) groups excluding carboxylic acids is 1. The Kier molecular flexibility index (Phi) is 5.34. The molecule has 5 heteroatoms.